The molecule has 1 aromatic carbocycles. The van der Waals surface area contributed by atoms with Crippen molar-refractivity contribution in [2.45, 2.75) is 19.9 Å². The van der Waals surface area contributed by atoms with E-state index in [-0.39, 0.29) is 24.4 Å². The van der Waals surface area contributed by atoms with Gasteiger partial charge in [-0.25, -0.2) is 0 Å². The van der Waals surface area contributed by atoms with Gasteiger partial charge in [-0.1, -0.05) is 17.7 Å². The zero-order chi connectivity index (χ0) is 14.4. The second-order valence-corrected chi connectivity index (χ2v) is 4.77. The summed E-state index contributed by atoms with van der Waals surface area (Å²) in [5.41, 5.74) is 1.92. The largest absolute Gasteiger partial charge is 0.354 e. The van der Waals surface area contributed by atoms with Gasteiger partial charge in [0.1, 0.15) is 0 Å². The van der Waals surface area contributed by atoms with Gasteiger partial charge >= 0.3 is 0 Å². The molecule has 0 spiro atoms. The van der Waals surface area contributed by atoms with E-state index in [9.17, 15) is 9.59 Å². The van der Waals surface area contributed by atoms with Gasteiger partial charge in [0, 0.05) is 12.7 Å². The van der Waals surface area contributed by atoms with Gasteiger partial charge in [0.15, 0.2) is 12.6 Å². The Morgan fingerprint density at radius 2 is 1.84 bits per heavy atom. The highest BCUT2D eigenvalue weighted by atomic mass is 16.2. The highest BCUT2D eigenvalue weighted by Gasteiger charge is 2.22. The Morgan fingerprint density at radius 3 is 2.37 bits per heavy atom. The van der Waals surface area contributed by atoms with Crippen LogP contribution in [0.5, 0.6) is 0 Å². The number of carbonyl (C=O) groups excluding carboxylic acids is 2. The number of hydrogen-bond acceptors (Lipinski definition) is 2. The molecule has 19 heavy (non-hydrogen) atoms. The number of likely N-dealkylation sites (N-methyl/N-ethyl adjacent to an activating group) is 2. The van der Waals surface area contributed by atoms with Crippen LogP contribution in [0.1, 0.15) is 12.5 Å². The summed E-state index contributed by atoms with van der Waals surface area (Å²) in [6, 6.07) is 7.36. The number of quaternary nitrogens is 1. The first-order chi connectivity index (χ1) is 8.93. The molecule has 3 N–H and O–H groups in total. The maximum absolute atomic E-state index is 11.9. The minimum absolute atomic E-state index is 0.0689. The van der Waals surface area contributed by atoms with Crippen molar-refractivity contribution < 1.29 is 14.5 Å². The minimum Gasteiger partial charge on any atom is -0.354 e. The first-order valence-electron chi connectivity index (χ1n) is 6.34. The molecule has 0 aliphatic carbocycles. The number of amides is 2. The fourth-order valence-electron chi connectivity index (χ4n) is 1.69. The van der Waals surface area contributed by atoms with Crippen molar-refractivity contribution in [1.82, 2.24) is 5.32 Å². The maximum Gasteiger partial charge on any atom is 0.279 e. The Bertz CT molecular complexity index is 443. The summed E-state index contributed by atoms with van der Waals surface area (Å²) in [4.78, 5) is 24.2. The summed E-state index contributed by atoms with van der Waals surface area (Å²) in [6.07, 6.45) is 0. The molecule has 5 heteroatoms. The number of aryl methyl sites for hydroxylation is 1. The highest BCUT2D eigenvalue weighted by molar-refractivity contribution is 5.91. The van der Waals surface area contributed by atoms with E-state index in [2.05, 4.69) is 10.6 Å². The molecule has 0 bridgehead atoms. The molecule has 1 aromatic rings. The summed E-state index contributed by atoms with van der Waals surface area (Å²) < 4.78 is 0. The molecular weight excluding hydrogens is 242 g/mol. The van der Waals surface area contributed by atoms with E-state index in [1.807, 2.05) is 38.2 Å². The van der Waals surface area contributed by atoms with Crippen LogP contribution >= 0.6 is 0 Å². The lowest BCUT2D eigenvalue weighted by atomic mass is 10.2. The second-order valence-electron chi connectivity index (χ2n) is 4.77. The Morgan fingerprint density at radius 1 is 1.26 bits per heavy atom. The number of hydrogen-bond donors (Lipinski definition) is 3. The molecule has 1 rings (SSSR count). The highest BCUT2D eigenvalue weighted by Crippen LogP contribution is 2.07. The molecule has 0 saturated carbocycles. The summed E-state index contributed by atoms with van der Waals surface area (Å²) in [5.74, 6) is -0.169. The molecule has 0 heterocycles. The van der Waals surface area contributed by atoms with Crippen LogP contribution in [0.25, 0.3) is 0 Å². The first kappa shape index (κ1) is 15.2. The molecule has 104 valence electrons. The van der Waals surface area contributed by atoms with Crippen molar-refractivity contribution in [2.75, 3.05) is 26.0 Å². The summed E-state index contributed by atoms with van der Waals surface area (Å²) in [5, 5.41) is 5.40. The van der Waals surface area contributed by atoms with Crippen LogP contribution < -0.4 is 15.5 Å². The topological polar surface area (TPSA) is 62.6 Å². The minimum atomic E-state index is -0.256. The third kappa shape index (κ3) is 4.71. The molecule has 2 amide bonds. The van der Waals surface area contributed by atoms with Crippen molar-refractivity contribution in [2.24, 2.45) is 0 Å². The van der Waals surface area contributed by atoms with E-state index < -0.39 is 0 Å². The lowest BCUT2D eigenvalue weighted by Crippen LogP contribution is -3.15. The van der Waals surface area contributed by atoms with Crippen LogP contribution in [0.4, 0.5) is 5.69 Å². The van der Waals surface area contributed by atoms with E-state index in [0.717, 1.165) is 16.2 Å². The number of nitrogens with one attached hydrogen (secondary N) is 3. The molecule has 0 fully saturated rings. The molecule has 0 aliphatic rings. The molecule has 1 unspecified atom stereocenters. The summed E-state index contributed by atoms with van der Waals surface area (Å²) >= 11 is 0. The second kappa shape index (κ2) is 6.89. The molecule has 0 aromatic heterocycles. The van der Waals surface area contributed by atoms with E-state index in [0.29, 0.717) is 0 Å². The Balaban J connectivity index is 2.51. The molecule has 0 saturated heterocycles. The van der Waals surface area contributed by atoms with Crippen molar-refractivity contribution in [1.29, 1.82) is 0 Å². The summed E-state index contributed by atoms with van der Waals surface area (Å²) in [6.45, 7) is 4.05. The van der Waals surface area contributed by atoms with Crippen LogP contribution in [0, 0.1) is 6.92 Å². The monoisotopic (exact) mass is 264 g/mol. The third-order valence-corrected chi connectivity index (χ3v) is 3.15. The van der Waals surface area contributed by atoms with Crippen LogP contribution in [-0.2, 0) is 9.59 Å². The van der Waals surface area contributed by atoms with Crippen LogP contribution in [0.2, 0.25) is 0 Å². The molecule has 2 atom stereocenters. The molecule has 0 aliphatic heterocycles. The molecule has 0 radical (unpaired) electrons. The van der Waals surface area contributed by atoms with Gasteiger partial charge in [-0.05, 0) is 26.0 Å². The Hall–Kier alpha value is -1.88. The first-order valence-corrected chi connectivity index (χ1v) is 6.34. The fraction of sp³-hybridized carbons (Fsp3) is 0.429. The molecular formula is C14H22N3O2+. The maximum atomic E-state index is 11.9. The van der Waals surface area contributed by atoms with Crippen LogP contribution in [-0.4, -0.2) is 38.5 Å². The fourth-order valence-corrected chi connectivity index (χ4v) is 1.69. The van der Waals surface area contributed by atoms with Crippen molar-refractivity contribution in [3.8, 4) is 0 Å². The lowest BCUT2D eigenvalue weighted by Gasteiger charge is -2.19. The van der Waals surface area contributed by atoms with Crippen LogP contribution in [0.15, 0.2) is 24.3 Å². The van der Waals surface area contributed by atoms with Crippen molar-refractivity contribution >= 4 is 17.5 Å². The van der Waals surface area contributed by atoms with E-state index in [1.54, 1.807) is 14.0 Å². The third-order valence-electron chi connectivity index (χ3n) is 3.15. The van der Waals surface area contributed by atoms with Gasteiger partial charge in [0.25, 0.3) is 11.8 Å². The average Bonchev–Trinajstić information content (AvgIpc) is 2.39. The lowest BCUT2D eigenvalue weighted by molar-refractivity contribution is -0.885. The Kier molecular flexibility index (Phi) is 5.51. The number of anilines is 1. The predicted octanol–water partition coefficient (Wildman–Crippen LogP) is -0.417. The zero-order valence-corrected chi connectivity index (χ0v) is 11.9. The zero-order valence-electron chi connectivity index (χ0n) is 11.9. The van der Waals surface area contributed by atoms with Gasteiger partial charge in [-0.2, -0.15) is 0 Å². The van der Waals surface area contributed by atoms with Gasteiger partial charge in [-0.15, -0.1) is 0 Å². The van der Waals surface area contributed by atoms with E-state index in [4.69, 9.17) is 0 Å². The van der Waals surface area contributed by atoms with Crippen molar-refractivity contribution in [3.05, 3.63) is 29.8 Å². The average molecular weight is 264 g/mol. The Labute approximate surface area is 114 Å². The number of carbonyl (C=O) groups is 2. The van der Waals surface area contributed by atoms with Gasteiger partial charge in [0.05, 0.1) is 7.05 Å². The van der Waals surface area contributed by atoms with Crippen molar-refractivity contribution in [3.63, 3.8) is 0 Å². The smallest absolute Gasteiger partial charge is 0.279 e. The quantitative estimate of drug-likeness (QED) is 0.676. The molecule has 5 nitrogen and oxygen atoms in total. The predicted molar refractivity (Wildman–Crippen MR) is 75.1 cm³/mol. The van der Waals surface area contributed by atoms with E-state index >= 15 is 0 Å². The van der Waals surface area contributed by atoms with Gasteiger partial charge in [0.2, 0.25) is 0 Å². The van der Waals surface area contributed by atoms with Crippen LogP contribution in [0.3, 0.4) is 0 Å². The number of rotatable bonds is 5. The standard InChI is InChI=1S/C14H21N3O2/c1-10-5-7-12(8-6-10)16-13(18)9-17(4)11(2)14(19)15-3/h5-8,11H,9H2,1-4H3,(H,15,19)(H,16,18)/p+1/t11-/m1/s1. The van der Waals surface area contributed by atoms with E-state index in [1.165, 1.54) is 0 Å². The van der Waals surface area contributed by atoms with Gasteiger partial charge < -0.3 is 15.5 Å². The normalized spacial score (nSPS) is 13.5. The van der Waals surface area contributed by atoms with Gasteiger partial charge in [-0.3, -0.25) is 9.59 Å². The summed E-state index contributed by atoms with van der Waals surface area (Å²) in [7, 11) is 3.42. The number of benzene rings is 1. The SMILES string of the molecule is CNC(=O)[C@@H](C)[NH+](C)CC(=O)Nc1ccc(C)cc1.